The molecule has 1 saturated heterocycles. The average Bonchev–Trinajstić information content (AvgIpc) is 3.40. The van der Waals surface area contributed by atoms with E-state index in [1.807, 2.05) is 12.1 Å². The van der Waals surface area contributed by atoms with E-state index in [4.69, 9.17) is 9.47 Å². The summed E-state index contributed by atoms with van der Waals surface area (Å²) in [6.45, 7) is 2.10. The maximum atomic E-state index is 12.4. The van der Waals surface area contributed by atoms with Gasteiger partial charge in [-0.2, -0.15) is 5.10 Å². The number of ether oxygens (including phenoxy) is 2. The van der Waals surface area contributed by atoms with E-state index in [1.54, 1.807) is 30.3 Å². The Bertz CT molecular complexity index is 1190. The first-order chi connectivity index (χ1) is 16.5. The molecule has 1 amide bonds. The first kappa shape index (κ1) is 22.7. The van der Waals surface area contributed by atoms with Crippen molar-refractivity contribution >= 4 is 23.5 Å². The molecule has 1 fully saturated rings. The molecule has 34 heavy (non-hydrogen) atoms. The Morgan fingerprint density at radius 3 is 2.53 bits per heavy atom. The van der Waals surface area contributed by atoms with Gasteiger partial charge >= 0.3 is 0 Å². The molecule has 4 rings (SSSR count). The first-order valence-electron chi connectivity index (χ1n) is 10.7. The highest BCUT2D eigenvalue weighted by Gasteiger charge is 2.13. The highest BCUT2D eigenvalue weighted by atomic mass is 16.6. The van der Waals surface area contributed by atoms with Crippen molar-refractivity contribution in [1.29, 1.82) is 0 Å². The molecule has 0 unspecified atom stereocenters. The minimum atomic E-state index is -0.534. The second-order valence-electron chi connectivity index (χ2n) is 7.56. The Kier molecular flexibility index (Phi) is 6.97. The summed E-state index contributed by atoms with van der Waals surface area (Å²) >= 11 is 0. The van der Waals surface area contributed by atoms with Crippen molar-refractivity contribution < 1.29 is 19.2 Å². The van der Waals surface area contributed by atoms with Gasteiger partial charge in [-0.1, -0.05) is 0 Å². The number of methoxy groups -OCH3 is 1. The molecule has 0 atom stereocenters. The quantitative estimate of drug-likeness (QED) is 0.304. The number of carbonyl (C=O) groups is 1. The number of aromatic nitrogens is 1. The predicted octanol–water partition coefficient (Wildman–Crippen LogP) is 4.15. The zero-order valence-corrected chi connectivity index (χ0v) is 18.5. The Labute approximate surface area is 196 Å². The zero-order chi connectivity index (χ0) is 23.9. The van der Waals surface area contributed by atoms with Crippen molar-refractivity contribution in [2.45, 2.75) is 12.8 Å². The van der Waals surface area contributed by atoms with Crippen LogP contribution < -0.4 is 19.8 Å². The van der Waals surface area contributed by atoms with Gasteiger partial charge in [0.05, 0.1) is 18.2 Å². The van der Waals surface area contributed by atoms with Crippen LogP contribution in [0.25, 0.3) is 0 Å². The van der Waals surface area contributed by atoms with Crippen LogP contribution in [0.4, 0.5) is 11.4 Å². The smallest absolute Gasteiger partial charge is 0.287 e. The molecule has 0 saturated carbocycles. The summed E-state index contributed by atoms with van der Waals surface area (Å²) < 4.78 is 11.0. The number of hydrazone groups is 1. The maximum Gasteiger partial charge on any atom is 0.287 e. The Hall–Kier alpha value is -4.47. The van der Waals surface area contributed by atoms with Gasteiger partial charge in [-0.05, 0) is 60.9 Å². The van der Waals surface area contributed by atoms with E-state index in [0.29, 0.717) is 22.6 Å². The van der Waals surface area contributed by atoms with Crippen molar-refractivity contribution in [2.24, 2.45) is 5.10 Å². The third-order valence-corrected chi connectivity index (χ3v) is 5.31. The molecule has 0 aliphatic carbocycles. The fraction of sp³-hybridized carbons (Fsp3) is 0.208. The molecule has 10 heteroatoms. The highest BCUT2D eigenvalue weighted by molar-refractivity contribution is 5.95. The highest BCUT2D eigenvalue weighted by Crippen LogP contribution is 2.31. The predicted molar refractivity (Wildman–Crippen MR) is 127 cm³/mol. The fourth-order valence-corrected chi connectivity index (χ4v) is 3.53. The van der Waals surface area contributed by atoms with Crippen LogP contribution in [0.5, 0.6) is 17.4 Å². The van der Waals surface area contributed by atoms with Crippen molar-refractivity contribution in [1.82, 2.24) is 10.4 Å². The first-order valence-corrected chi connectivity index (χ1v) is 10.7. The fourth-order valence-electron chi connectivity index (χ4n) is 3.53. The molecule has 174 valence electrons. The van der Waals surface area contributed by atoms with Gasteiger partial charge in [-0.25, -0.2) is 10.4 Å². The number of carbonyl (C=O) groups excluding carboxylic acids is 1. The number of benzene rings is 2. The molecular weight excluding hydrogens is 438 g/mol. The number of nitrogens with one attached hydrogen (secondary N) is 1. The number of nitrogens with zero attached hydrogens (tertiary/aromatic N) is 4. The van der Waals surface area contributed by atoms with Crippen LogP contribution in [0.15, 0.2) is 65.9 Å². The van der Waals surface area contributed by atoms with Crippen LogP contribution in [-0.4, -0.2) is 42.2 Å². The van der Waals surface area contributed by atoms with Gasteiger partial charge in [-0.15, -0.1) is 0 Å². The lowest BCUT2D eigenvalue weighted by Gasteiger charge is -2.17. The second kappa shape index (κ2) is 10.4. The van der Waals surface area contributed by atoms with E-state index in [1.165, 1.54) is 38.3 Å². The summed E-state index contributed by atoms with van der Waals surface area (Å²) in [5.41, 5.74) is 4.71. The molecule has 2 aromatic carbocycles. The van der Waals surface area contributed by atoms with Gasteiger partial charge < -0.3 is 14.4 Å². The number of hydrogen-bond donors (Lipinski definition) is 1. The third kappa shape index (κ3) is 5.47. The summed E-state index contributed by atoms with van der Waals surface area (Å²) in [4.78, 5) is 28.8. The molecule has 0 radical (unpaired) electrons. The Morgan fingerprint density at radius 1 is 1.12 bits per heavy atom. The Balaban J connectivity index is 1.37. The van der Waals surface area contributed by atoms with Crippen molar-refractivity contribution in [2.75, 3.05) is 25.1 Å². The van der Waals surface area contributed by atoms with E-state index in [9.17, 15) is 14.9 Å². The van der Waals surface area contributed by atoms with Gasteiger partial charge in [0, 0.05) is 36.5 Å². The number of amides is 1. The van der Waals surface area contributed by atoms with E-state index in [0.717, 1.165) is 25.0 Å². The minimum absolute atomic E-state index is 0.129. The average molecular weight is 461 g/mol. The molecule has 0 bridgehead atoms. The normalized spacial score (nSPS) is 13.1. The maximum absolute atomic E-state index is 12.4. The number of anilines is 1. The van der Waals surface area contributed by atoms with Crippen LogP contribution >= 0.6 is 0 Å². The van der Waals surface area contributed by atoms with Gasteiger partial charge in [0.1, 0.15) is 6.20 Å². The number of rotatable bonds is 8. The largest absolute Gasteiger partial charge is 0.493 e. The monoisotopic (exact) mass is 461 g/mol. The van der Waals surface area contributed by atoms with Crippen LogP contribution in [0, 0.1) is 10.1 Å². The standard InChI is InChI=1S/C24H23N5O5/c1-33-22-14-17(4-10-21(22)34-23-11-9-20(16-25-23)29(31)32)15-26-27-24(30)18-5-7-19(8-6-18)28-12-2-3-13-28/h4-11,14-16H,2-3,12-13H2,1H3,(H,27,30)/b26-15-. The Morgan fingerprint density at radius 2 is 1.88 bits per heavy atom. The van der Waals surface area contributed by atoms with Crippen LogP contribution in [-0.2, 0) is 0 Å². The summed E-state index contributed by atoms with van der Waals surface area (Å²) in [5.74, 6) is 0.671. The molecule has 1 aliphatic rings. The van der Waals surface area contributed by atoms with Gasteiger partial charge in [0.25, 0.3) is 11.6 Å². The van der Waals surface area contributed by atoms with Crippen molar-refractivity contribution in [3.05, 3.63) is 82.0 Å². The van der Waals surface area contributed by atoms with Gasteiger partial charge in [0.15, 0.2) is 11.5 Å². The summed E-state index contributed by atoms with van der Waals surface area (Å²) in [6, 6.07) is 15.3. The molecule has 1 aromatic heterocycles. The van der Waals surface area contributed by atoms with E-state index in [2.05, 4.69) is 20.4 Å². The lowest BCUT2D eigenvalue weighted by atomic mass is 10.2. The zero-order valence-electron chi connectivity index (χ0n) is 18.5. The second-order valence-corrected chi connectivity index (χ2v) is 7.56. The lowest BCUT2D eigenvalue weighted by Crippen LogP contribution is -2.19. The van der Waals surface area contributed by atoms with E-state index >= 15 is 0 Å². The SMILES string of the molecule is COc1cc(/C=N\NC(=O)c2ccc(N3CCCC3)cc2)ccc1Oc1ccc([N+](=O)[O-])cn1. The molecule has 10 nitrogen and oxygen atoms in total. The lowest BCUT2D eigenvalue weighted by molar-refractivity contribution is -0.385. The molecule has 3 aromatic rings. The molecular formula is C24H23N5O5. The summed E-state index contributed by atoms with van der Waals surface area (Å²) in [7, 11) is 1.49. The summed E-state index contributed by atoms with van der Waals surface area (Å²) in [5, 5.41) is 14.8. The van der Waals surface area contributed by atoms with E-state index in [-0.39, 0.29) is 17.5 Å². The van der Waals surface area contributed by atoms with Crippen LogP contribution in [0.3, 0.4) is 0 Å². The molecule has 0 spiro atoms. The van der Waals surface area contributed by atoms with Gasteiger partial charge in [-0.3, -0.25) is 14.9 Å². The minimum Gasteiger partial charge on any atom is -0.493 e. The molecule has 1 N–H and O–H groups in total. The van der Waals surface area contributed by atoms with Crippen LogP contribution in [0.2, 0.25) is 0 Å². The van der Waals surface area contributed by atoms with Crippen molar-refractivity contribution in [3.8, 4) is 17.4 Å². The number of pyridine rings is 1. The number of nitro groups is 1. The number of hydrogen-bond acceptors (Lipinski definition) is 8. The topological polar surface area (TPSA) is 119 Å². The van der Waals surface area contributed by atoms with Gasteiger partial charge in [0.2, 0.25) is 5.88 Å². The third-order valence-electron chi connectivity index (χ3n) is 5.31. The van der Waals surface area contributed by atoms with Crippen LogP contribution in [0.1, 0.15) is 28.8 Å². The molecule has 2 heterocycles. The molecule has 1 aliphatic heterocycles. The summed E-state index contributed by atoms with van der Waals surface area (Å²) in [6.07, 6.45) is 5.00. The van der Waals surface area contributed by atoms with E-state index < -0.39 is 4.92 Å². The van der Waals surface area contributed by atoms with Crippen molar-refractivity contribution in [3.63, 3.8) is 0 Å².